The fourth-order valence-electron chi connectivity index (χ4n) is 1.80. The van der Waals surface area contributed by atoms with E-state index in [2.05, 4.69) is 4.98 Å². The maximum absolute atomic E-state index is 11.9. The van der Waals surface area contributed by atoms with Gasteiger partial charge in [-0.05, 0) is 24.3 Å². The van der Waals surface area contributed by atoms with Crippen LogP contribution in [-0.2, 0) is 0 Å². The highest BCUT2D eigenvalue weighted by Gasteiger charge is 2.10. The zero-order chi connectivity index (χ0) is 12.5. The molecule has 0 aliphatic heterocycles. The summed E-state index contributed by atoms with van der Waals surface area (Å²) in [4.78, 5) is 15.7. The van der Waals surface area contributed by atoms with Gasteiger partial charge in [-0.1, -0.05) is 24.3 Å². The van der Waals surface area contributed by atoms with Gasteiger partial charge in [0.25, 0.3) is 5.56 Å². The zero-order valence-corrected chi connectivity index (χ0v) is 9.33. The summed E-state index contributed by atoms with van der Waals surface area (Å²) in [5, 5.41) is 9.72. The molecule has 0 saturated heterocycles. The normalized spacial score (nSPS) is 10.7. The summed E-state index contributed by atoms with van der Waals surface area (Å²) in [6, 6.07) is 13.8. The number of nitrogens with zero attached hydrogens (tertiary/aromatic N) is 1. The van der Waals surface area contributed by atoms with E-state index < -0.39 is 5.56 Å². The molecule has 4 nitrogen and oxygen atoms in total. The second kappa shape index (κ2) is 4.00. The van der Waals surface area contributed by atoms with Crippen LogP contribution in [0.2, 0.25) is 0 Å². The van der Waals surface area contributed by atoms with Crippen molar-refractivity contribution in [3.05, 3.63) is 58.9 Å². The summed E-state index contributed by atoms with van der Waals surface area (Å²) < 4.78 is 5.54. The first-order chi connectivity index (χ1) is 8.75. The summed E-state index contributed by atoms with van der Waals surface area (Å²) in [6.07, 6.45) is 0. The lowest BCUT2D eigenvalue weighted by atomic mass is 10.2. The second-order valence-electron chi connectivity index (χ2n) is 3.84. The number of fused-ring (bicyclic) bond motifs is 1. The maximum Gasteiger partial charge on any atom is 0.287 e. The van der Waals surface area contributed by atoms with Crippen molar-refractivity contribution in [1.82, 2.24) is 4.98 Å². The highest BCUT2D eigenvalue weighted by molar-refractivity contribution is 5.82. The predicted molar refractivity (Wildman–Crippen MR) is 67.4 cm³/mol. The molecule has 1 N–H and O–H groups in total. The van der Waals surface area contributed by atoms with Crippen LogP contribution in [0.3, 0.4) is 0 Å². The van der Waals surface area contributed by atoms with Gasteiger partial charge in [0.2, 0.25) is 5.89 Å². The smallest absolute Gasteiger partial charge is 0.287 e. The van der Waals surface area contributed by atoms with Gasteiger partial charge in [-0.15, -0.1) is 0 Å². The number of hydrogen-bond acceptors (Lipinski definition) is 4. The molecule has 2 aromatic carbocycles. The van der Waals surface area contributed by atoms with Crippen molar-refractivity contribution < 1.29 is 9.52 Å². The predicted octanol–water partition coefficient (Wildman–Crippen LogP) is 2.56. The quantitative estimate of drug-likeness (QED) is 0.708. The zero-order valence-electron chi connectivity index (χ0n) is 9.33. The number of benzene rings is 2. The van der Waals surface area contributed by atoms with Crippen LogP contribution in [0.5, 0.6) is 5.75 Å². The minimum absolute atomic E-state index is 0.109. The van der Waals surface area contributed by atoms with Gasteiger partial charge in [0.1, 0.15) is 16.7 Å². The largest absolute Gasteiger partial charge is 0.507 e. The third-order valence-electron chi connectivity index (χ3n) is 2.65. The Labute approximate surface area is 102 Å². The van der Waals surface area contributed by atoms with E-state index >= 15 is 0 Å². The fourth-order valence-corrected chi connectivity index (χ4v) is 1.80. The molecule has 4 heteroatoms. The van der Waals surface area contributed by atoms with Crippen LogP contribution < -0.4 is 5.56 Å². The van der Waals surface area contributed by atoms with Gasteiger partial charge in [0.15, 0.2) is 0 Å². The van der Waals surface area contributed by atoms with Crippen LogP contribution in [0.25, 0.3) is 22.4 Å². The molecule has 1 heterocycles. The van der Waals surface area contributed by atoms with Crippen LogP contribution in [0.1, 0.15) is 0 Å². The molecule has 3 rings (SSSR count). The Morgan fingerprint density at radius 1 is 1.00 bits per heavy atom. The van der Waals surface area contributed by atoms with E-state index in [1.54, 1.807) is 24.3 Å². The summed E-state index contributed by atoms with van der Waals surface area (Å²) in [7, 11) is 0. The van der Waals surface area contributed by atoms with Crippen molar-refractivity contribution in [2.24, 2.45) is 0 Å². The molecule has 0 spiro atoms. The SMILES string of the molecule is O=c1nc(-c2ccccc2)oc2cccc(O)c12. The van der Waals surface area contributed by atoms with Gasteiger partial charge in [0, 0.05) is 5.56 Å². The van der Waals surface area contributed by atoms with E-state index in [1.807, 2.05) is 18.2 Å². The van der Waals surface area contributed by atoms with Crippen LogP contribution in [-0.4, -0.2) is 10.1 Å². The first-order valence-corrected chi connectivity index (χ1v) is 5.44. The Bertz CT molecular complexity index is 763. The van der Waals surface area contributed by atoms with Crippen molar-refractivity contribution in [3.63, 3.8) is 0 Å². The van der Waals surface area contributed by atoms with E-state index in [4.69, 9.17) is 4.42 Å². The molecule has 88 valence electrons. The fraction of sp³-hybridized carbons (Fsp3) is 0. The number of aromatic nitrogens is 1. The van der Waals surface area contributed by atoms with Crippen LogP contribution in [0.4, 0.5) is 0 Å². The minimum Gasteiger partial charge on any atom is -0.507 e. The molecule has 0 unspecified atom stereocenters. The molecule has 0 aliphatic rings. The maximum atomic E-state index is 11.9. The number of hydrogen-bond donors (Lipinski definition) is 1. The molecule has 0 aliphatic carbocycles. The highest BCUT2D eigenvalue weighted by Crippen LogP contribution is 2.24. The summed E-state index contributed by atoms with van der Waals surface area (Å²) in [6.45, 7) is 0. The first-order valence-electron chi connectivity index (χ1n) is 5.44. The number of aromatic hydroxyl groups is 1. The number of rotatable bonds is 1. The van der Waals surface area contributed by atoms with E-state index in [9.17, 15) is 9.90 Å². The van der Waals surface area contributed by atoms with E-state index in [-0.39, 0.29) is 17.0 Å². The van der Waals surface area contributed by atoms with Gasteiger partial charge in [0.05, 0.1) is 0 Å². The molecule has 0 bridgehead atoms. The molecule has 0 atom stereocenters. The molecule has 1 aromatic heterocycles. The Kier molecular flexibility index (Phi) is 2.34. The Balaban J connectivity index is 2.33. The average molecular weight is 239 g/mol. The molecule has 0 saturated carbocycles. The topological polar surface area (TPSA) is 63.3 Å². The van der Waals surface area contributed by atoms with Gasteiger partial charge in [-0.3, -0.25) is 4.79 Å². The van der Waals surface area contributed by atoms with Crippen molar-refractivity contribution in [2.75, 3.05) is 0 Å². The lowest BCUT2D eigenvalue weighted by Gasteiger charge is -2.02. The lowest BCUT2D eigenvalue weighted by molar-refractivity contribution is 0.479. The average Bonchev–Trinajstić information content (AvgIpc) is 2.39. The van der Waals surface area contributed by atoms with Gasteiger partial charge < -0.3 is 9.52 Å². The van der Waals surface area contributed by atoms with Gasteiger partial charge in [-0.25, -0.2) is 0 Å². The van der Waals surface area contributed by atoms with Crippen molar-refractivity contribution in [3.8, 4) is 17.2 Å². The number of phenolic OH excluding ortho intramolecular Hbond substituents is 1. The minimum atomic E-state index is -0.492. The first kappa shape index (κ1) is 10.5. The Morgan fingerprint density at radius 3 is 2.56 bits per heavy atom. The second-order valence-corrected chi connectivity index (χ2v) is 3.84. The summed E-state index contributed by atoms with van der Waals surface area (Å²) in [5.74, 6) is 0.132. The van der Waals surface area contributed by atoms with Crippen LogP contribution >= 0.6 is 0 Å². The van der Waals surface area contributed by atoms with Gasteiger partial charge >= 0.3 is 0 Å². The molecule has 0 amide bonds. The molecule has 3 aromatic rings. The van der Waals surface area contributed by atoms with Crippen molar-refractivity contribution in [1.29, 1.82) is 0 Å². The van der Waals surface area contributed by atoms with Crippen molar-refractivity contribution >= 4 is 11.0 Å². The molecular weight excluding hydrogens is 230 g/mol. The Hall–Kier alpha value is -2.62. The van der Waals surface area contributed by atoms with E-state index in [0.29, 0.717) is 5.58 Å². The third-order valence-corrected chi connectivity index (χ3v) is 2.65. The van der Waals surface area contributed by atoms with Crippen molar-refractivity contribution in [2.45, 2.75) is 0 Å². The van der Waals surface area contributed by atoms with E-state index in [0.717, 1.165) is 5.56 Å². The van der Waals surface area contributed by atoms with Crippen LogP contribution in [0, 0.1) is 0 Å². The number of phenols is 1. The summed E-state index contributed by atoms with van der Waals surface area (Å²) >= 11 is 0. The molecule has 18 heavy (non-hydrogen) atoms. The lowest BCUT2D eigenvalue weighted by Crippen LogP contribution is -2.07. The molecular formula is C14H9NO3. The highest BCUT2D eigenvalue weighted by atomic mass is 16.3. The Morgan fingerprint density at radius 2 is 1.78 bits per heavy atom. The standard InChI is InChI=1S/C14H9NO3/c16-10-7-4-8-11-12(10)13(17)15-14(18-11)9-5-2-1-3-6-9/h1-8,16H. The monoisotopic (exact) mass is 239 g/mol. The van der Waals surface area contributed by atoms with Crippen LogP contribution in [0.15, 0.2) is 57.7 Å². The third kappa shape index (κ3) is 1.64. The molecule has 0 radical (unpaired) electrons. The summed E-state index contributed by atoms with van der Waals surface area (Å²) in [5.41, 5.74) is 0.557. The van der Waals surface area contributed by atoms with E-state index in [1.165, 1.54) is 6.07 Å². The molecule has 0 fully saturated rings. The van der Waals surface area contributed by atoms with Gasteiger partial charge in [-0.2, -0.15) is 4.98 Å².